The number of hydrogen-bond acceptors (Lipinski definition) is 6. The molecule has 2 aliphatic rings. The molecule has 1 atom stereocenters. The van der Waals surface area contributed by atoms with Crippen molar-refractivity contribution in [1.82, 2.24) is 9.80 Å². The van der Waals surface area contributed by atoms with Gasteiger partial charge in [0.15, 0.2) is 0 Å². The summed E-state index contributed by atoms with van der Waals surface area (Å²) in [7, 11) is 2.23. The number of carboxylic acids is 2. The highest BCUT2D eigenvalue weighted by Gasteiger charge is 2.29. The van der Waals surface area contributed by atoms with Crippen LogP contribution in [-0.2, 0) is 16.0 Å². The number of aliphatic carboxylic acids is 2. The summed E-state index contributed by atoms with van der Waals surface area (Å²) in [5.41, 5.74) is 3.01. The largest absolute Gasteiger partial charge is 0.481 e. The molecule has 6 nitrogen and oxygen atoms in total. The lowest BCUT2D eigenvalue weighted by Gasteiger charge is -2.38. The van der Waals surface area contributed by atoms with E-state index in [1.165, 1.54) is 38.9 Å². The molecule has 1 unspecified atom stereocenters. The Hall–Kier alpha value is -2.00. The molecule has 4 rings (SSSR count). The minimum absolute atomic E-state index is 0.296. The summed E-state index contributed by atoms with van der Waals surface area (Å²) < 4.78 is 0. The van der Waals surface area contributed by atoms with Crippen LogP contribution >= 0.6 is 23.5 Å². The number of carbonyl (C=O) groups is 2. The van der Waals surface area contributed by atoms with Crippen molar-refractivity contribution in [2.45, 2.75) is 40.0 Å². The normalized spacial score (nSPS) is 18.5. The van der Waals surface area contributed by atoms with Crippen LogP contribution in [-0.4, -0.2) is 71.4 Å². The molecular formula is C24H30N2O4S2. The van der Waals surface area contributed by atoms with Crippen molar-refractivity contribution < 1.29 is 19.8 Å². The lowest BCUT2D eigenvalue weighted by Crippen LogP contribution is -2.46. The molecule has 2 aliphatic heterocycles. The van der Waals surface area contributed by atoms with Crippen LogP contribution in [0.3, 0.4) is 0 Å². The lowest BCUT2D eigenvalue weighted by molar-refractivity contribution is -0.143. The van der Waals surface area contributed by atoms with E-state index in [1.54, 1.807) is 0 Å². The first-order valence-electron chi connectivity index (χ1n) is 10.7. The predicted octanol–water partition coefficient (Wildman–Crippen LogP) is 4.34. The highest BCUT2D eigenvalue weighted by molar-refractivity contribution is 7.99. The molecule has 1 fully saturated rings. The zero-order chi connectivity index (χ0) is 23.1. The highest BCUT2D eigenvalue weighted by Crippen LogP contribution is 2.44. The molecule has 8 heteroatoms. The molecule has 0 bridgehead atoms. The van der Waals surface area contributed by atoms with Gasteiger partial charge in [-0.15, -0.1) is 11.8 Å². The summed E-state index contributed by atoms with van der Waals surface area (Å²) in [6, 6.07) is 16.5. The maximum absolute atomic E-state index is 9.64. The van der Waals surface area contributed by atoms with Crippen molar-refractivity contribution in [3.05, 3.63) is 53.6 Å². The Morgan fingerprint density at radius 3 is 2.28 bits per heavy atom. The van der Waals surface area contributed by atoms with Crippen LogP contribution in [0.15, 0.2) is 57.2 Å². The number of fused-ring (bicyclic) bond motifs is 2. The van der Waals surface area contributed by atoms with Crippen molar-refractivity contribution in [2.24, 2.45) is 0 Å². The van der Waals surface area contributed by atoms with Gasteiger partial charge in [0.05, 0.1) is 12.8 Å². The molecule has 172 valence electrons. The minimum atomic E-state index is -1.08. The van der Waals surface area contributed by atoms with Gasteiger partial charge in [0, 0.05) is 46.9 Å². The van der Waals surface area contributed by atoms with Crippen LogP contribution in [0.4, 0.5) is 0 Å². The average Bonchev–Trinajstić information content (AvgIpc) is 2.95. The summed E-state index contributed by atoms with van der Waals surface area (Å²) in [4.78, 5) is 28.7. The van der Waals surface area contributed by atoms with Crippen molar-refractivity contribution in [3.8, 4) is 0 Å². The minimum Gasteiger partial charge on any atom is -0.481 e. The van der Waals surface area contributed by atoms with E-state index in [1.807, 2.05) is 23.5 Å². The summed E-state index contributed by atoms with van der Waals surface area (Å²) in [6.45, 7) is 4.67. The topological polar surface area (TPSA) is 81.1 Å². The Kier molecular flexibility index (Phi) is 9.04. The zero-order valence-electron chi connectivity index (χ0n) is 18.5. The number of piperazine rings is 1. The van der Waals surface area contributed by atoms with Crippen molar-refractivity contribution in [2.75, 3.05) is 39.5 Å². The first-order chi connectivity index (χ1) is 15.4. The highest BCUT2D eigenvalue weighted by atomic mass is 32.2. The van der Waals surface area contributed by atoms with Crippen molar-refractivity contribution in [3.63, 3.8) is 0 Å². The summed E-state index contributed by atoms with van der Waals surface area (Å²) in [6.07, 6.45) is 2.70. The smallest absolute Gasteiger partial charge is 0.303 e. The Bertz CT molecular complexity index is 931. The molecule has 32 heavy (non-hydrogen) atoms. The molecule has 2 aromatic rings. The second kappa shape index (κ2) is 11.7. The zero-order valence-corrected chi connectivity index (χ0v) is 20.1. The van der Waals surface area contributed by atoms with E-state index in [2.05, 4.69) is 65.6 Å². The van der Waals surface area contributed by atoms with Gasteiger partial charge in [-0.1, -0.05) is 30.0 Å². The molecule has 0 aliphatic carbocycles. The quantitative estimate of drug-likeness (QED) is 0.620. The number of hydrogen-bond donors (Lipinski definition) is 2. The van der Waals surface area contributed by atoms with E-state index >= 15 is 0 Å². The van der Waals surface area contributed by atoms with Crippen LogP contribution in [0, 0.1) is 0 Å². The average molecular weight is 475 g/mol. The van der Waals surface area contributed by atoms with Gasteiger partial charge in [-0.05, 0) is 55.1 Å². The Balaban J connectivity index is 0.000000312. The van der Waals surface area contributed by atoms with Gasteiger partial charge >= 0.3 is 11.9 Å². The molecule has 0 aromatic heterocycles. The van der Waals surface area contributed by atoms with Gasteiger partial charge in [-0.25, -0.2) is 0 Å². The first kappa shape index (κ1) is 24.6. The molecule has 0 saturated carbocycles. The van der Waals surface area contributed by atoms with E-state index < -0.39 is 11.9 Å². The fraction of sp³-hybridized carbons (Fsp3) is 0.417. The Morgan fingerprint density at radius 2 is 1.66 bits per heavy atom. The third kappa shape index (κ3) is 6.75. The third-order valence-corrected chi connectivity index (χ3v) is 7.65. The van der Waals surface area contributed by atoms with Crippen molar-refractivity contribution >= 4 is 35.5 Å². The number of carboxylic acid groups (broad SMARTS) is 2. The summed E-state index contributed by atoms with van der Waals surface area (Å²) >= 11 is 3.79. The van der Waals surface area contributed by atoms with Gasteiger partial charge in [0.1, 0.15) is 0 Å². The van der Waals surface area contributed by atoms with E-state index in [0.29, 0.717) is 6.04 Å². The molecule has 2 heterocycles. The predicted molar refractivity (Wildman–Crippen MR) is 129 cm³/mol. The number of thioether (sulfide) groups is 1. The Labute approximate surface area is 198 Å². The number of benzene rings is 2. The van der Waals surface area contributed by atoms with Gasteiger partial charge < -0.3 is 15.1 Å². The number of rotatable bonds is 5. The van der Waals surface area contributed by atoms with Crippen molar-refractivity contribution in [1.29, 1.82) is 0 Å². The number of nitrogens with zero attached hydrogens (tertiary/aromatic N) is 2. The molecule has 0 radical (unpaired) electrons. The maximum atomic E-state index is 9.64. The van der Waals surface area contributed by atoms with Gasteiger partial charge in [0.2, 0.25) is 0 Å². The standard InChI is InChI=1S/C20H24N2S2.C4H6O4/c1-21-9-11-22(12-10-21)18-13-15-5-3-4-6-19(15)24-20-8-7-16(23-2)14-17(18)20;5-3(6)1-2-4(7)8/h3-8,14,18H,9-13H2,1-2H3;1-2H2,(H,5,6)(H,7,8). The summed E-state index contributed by atoms with van der Waals surface area (Å²) in [5.74, 6) is -2.15. The van der Waals surface area contributed by atoms with E-state index in [4.69, 9.17) is 10.2 Å². The van der Waals surface area contributed by atoms with Crippen LogP contribution in [0.1, 0.15) is 30.0 Å². The monoisotopic (exact) mass is 474 g/mol. The van der Waals surface area contributed by atoms with Crippen LogP contribution in [0.25, 0.3) is 0 Å². The summed E-state index contributed by atoms with van der Waals surface area (Å²) in [5, 5.41) is 15.8. The van der Waals surface area contributed by atoms with Gasteiger partial charge in [-0.3, -0.25) is 14.5 Å². The van der Waals surface area contributed by atoms with E-state index in [0.717, 1.165) is 19.5 Å². The SMILES string of the molecule is CSc1ccc2c(c1)C(N1CCN(C)CC1)Cc1ccccc1S2.O=C(O)CCC(=O)O. The number of likely N-dealkylation sites (N-methyl/N-ethyl adjacent to an activating group) is 1. The maximum Gasteiger partial charge on any atom is 0.303 e. The van der Waals surface area contributed by atoms with Crippen LogP contribution in [0.2, 0.25) is 0 Å². The van der Waals surface area contributed by atoms with E-state index in [-0.39, 0.29) is 12.8 Å². The van der Waals surface area contributed by atoms with Crippen LogP contribution < -0.4 is 0 Å². The molecule has 0 amide bonds. The fourth-order valence-corrected chi connectivity index (χ4v) is 5.45. The molecule has 2 N–H and O–H groups in total. The van der Waals surface area contributed by atoms with Gasteiger partial charge in [-0.2, -0.15) is 0 Å². The van der Waals surface area contributed by atoms with Crippen LogP contribution in [0.5, 0.6) is 0 Å². The Morgan fingerprint density at radius 1 is 1.00 bits per heavy atom. The third-order valence-electron chi connectivity index (χ3n) is 5.71. The first-order valence-corrected chi connectivity index (χ1v) is 12.7. The molecule has 1 saturated heterocycles. The fourth-order valence-electron chi connectivity index (χ4n) is 3.89. The second-order valence-corrected chi connectivity index (χ2v) is 9.92. The molecule has 0 spiro atoms. The molecular weight excluding hydrogens is 444 g/mol. The lowest BCUT2D eigenvalue weighted by atomic mass is 9.96. The van der Waals surface area contributed by atoms with E-state index in [9.17, 15) is 9.59 Å². The van der Waals surface area contributed by atoms with Gasteiger partial charge in [0.25, 0.3) is 0 Å². The second-order valence-electron chi connectivity index (χ2n) is 7.96. The molecule has 2 aromatic carbocycles.